The van der Waals surface area contributed by atoms with Crippen LogP contribution in [0.5, 0.6) is 5.75 Å². The van der Waals surface area contributed by atoms with E-state index >= 15 is 0 Å². The SMILES string of the molecule is CCOc1ccccc1C1CC(c2ccc(NS(C)(=O)=O)cc2)=NN1C(=O)CC. The van der Waals surface area contributed by atoms with Crippen molar-refractivity contribution in [3.8, 4) is 5.75 Å². The zero-order valence-electron chi connectivity index (χ0n) is 16.8. The van der Waals surface area contributed by atoms with Crippen LogP contribution in [0.2, 0.25) is 0 Å². The molecule has 0 aromatic heterocycles. The molecule has 0 saturated heterocycles. The summed E-state index contributed by atoms with van der Waals surface area (Å²) in [5.74, 6) is 0.685. The molecule has 1 aliphatic rings. The maximum atomic E-state index is 12.6. The fourth-order valence-corrected chi connectivity index (χ4v) is 3.87. The summed E-state index contributed by atoms with van der Waals surface area (Å²) in [6.07, 6.45) is 2.01. The number of benzene rings is 2. The molecule has 8 heteroatoms. The molecule has 1 N–H and O–H groups in total. The van der Waals surface area contributed by atoms with Gasteiger partial charge in [-0.05, 0) is 30.7 Å². The number of hydrogen-bond donors (Lipinski definition) is 1. The lowest BCUT2D eigenvalue weighted by Crippen LogP contribution is -2.26. The molecule has 1 unspecified atom stereocenters. The molecule has 0 radical (unpaired) electrons. The monoisotopic (exact) mass is 415 g/mol. The van der Waals surface area contributed by atoms with Gasteiger partial charge in [-0.2, -0.15) is 5.10 Å². The average molecular weight is 416 g/mol. The minimum Gasteiger partial charge on any atom is -0.494 e. The first kappa shape index (κ1) is 20.9. The van der Waals surface area contributed by atoms with Crippen LogP contribution < -0.4 is 9.46 Å². The zero-order chi connectivity index (χ0) is 21.0. The topological polar surface area (TPSA) is 88.1 Å². The number of sulfonamides is 1. The predicted octanol–water partition coefficient (Wildman–Crippen LogP) is 3.54. The van der Waals surface area contributed by atoms with E-state index in [0.29, 0.717) is 25.1 Å². The summed E-state index contributed by atoms with van der Waals surface area (Å²) in [5.41, 5.74) is 3.02. The van der Waals surface area contributed by atoms with Gasteiger partial charge < -0.3 is 4.74 Å². The highest BCUT2D eigenvalue weighted by Gasteiger charge is 2.34. The summed E-state index contributed by atoms with van der Waals surface area (Å²) >= 11 is 0. The van der Waals surface area contributed by atoms with Crippen LogP contribution in [0.3, 0.4) is 0 Å². The molecular formula is C21H25N3O4S. The van der Waals surface area contributed by atoms with Gasteiger partial charge >= 0.3 is 0 Å². The van der Waals surface area contributed by atoms with Crippen molar-refractivity contribution in [2.24, 2.45) is 5.10 Å². The van der Waals surface area contributed by atoms with Crippen LogP contribution in [0.1, 0.15) is 43.9 Å². The van der Waals surface area contributed by atoms with Crippen LogP contribution in [0.4, 0.5) is 5.69 Å². The molecule has 2 aromatic carbocycles. The Hall–Kier alpha value is -2.87. The molecule has 1 amide bonds. The lowest BCUT2D eigenvalue weighted by atomic mass is 9.97. The molecule has 7 nitrogen and oxygen atoms in total. The van der Waals surface area contributed by atoms with Gasteiger partial charge in [-0.15, -0.1) is 0 Å². The Morgan fingerprint density at radius 3 is 2.48 bits per heavy atom. The van der Waals surface area contributed by atoms with Gasteiger partial charge in [0.1, 0.15) is 5.75 Å². The summed E-state index contributed by atoms with van der Waals surface area (Å²) in [7, 11) is -3.33. The van der Waals surface area contributed by atoms with Crippen molar-refractivity contribution < 1.29 is 17.9 Å². The number of amides is 1. The fourth-order valence-electron chi connectivity index (χ4n) is 3.31. The Labute approximate surface area is 171 Å². The number of rotatable bonds is 7. The van der Waals surface area contributed by atoms with Gasteiger partial charge in [0.05, 0.1) is 24.6 Å². The van der Waals surface area contributed by atoms with Gasteiger partial charge in [-0.25, -0.2) is 13.4 Å². The molecule has 2 aromatic rings. The second-order valence-corrected chi connectivity index (χ2v) is 8.53. The van der Waals surface area contributed by atoms with E-state index in [1.807, 2.05) is 38.1 Å². The number of nitrogens with zero attached hydrogens (tertiary/aromatic N) is 2. The fraction of sp³-hybridized carbons (Fsp3) is 0.333. The molecule has 29 heavy (non-hydrogen) atoms. The summed E-state index contributed by atoms with van der Waals surface area (Å²) in [6, 6.07) is 14.4. The van der Waals surface area contributed by atoms with Gasteiger partial charge in [-0.3, -0.25) is 9.52 Å². The Balaban J connectivity index is 1.91. The number of nitrogens with one attached hydrogen (secondary N) is 1. The van der Waals surface area contributed by atoms with Crippen molar-refractivity contribution >= 4 is 27.3 Å². The molecule has 0 bridgehead atoms. The number of ether oxygens (including phenoxy) is 1. The van der Waals surface area contributed by atoms with E-state index in [1.54, 1.807) is 24.3 Å². The lowest BCUT2D eigenvalue weighted by Gasteiger charge is -2.23. The van der Waals surface area contributed by atoms with Crippen LogP contribution in [-0.2, 0) is 14.8 Å². The normalized spacial score (nSPS) is 16.4. The third kappa shape index (κ3) is 4.95. The zero-order valence-corrected chi connectivity index (χ0v) is 17.6. The van der Waals surface area contributed by atoms with Gasteiger partial charge in [-0.1, -0.05) is 37.3 Å². The van der Waals surface area contributed by atoms with Crippen molar-refractivity contribution in [3.63, 3.8) is 0 Å². The number of anilines is 1. The van der Waals surface area contributed by atoms with Crippen molar-refractivity contribution in [3.05, 3.63) is 59.7 Å². The minimum atomic E-state index is -3.33. The van der Waals surface area contributed by atoms with Crippen LogP contribution in [0, 0.1) is 0 Å². The number of hydrazone groups is 1. The van der Waals surface area contributed by atoms with Crippen LogP contribution >= 0.6 is 0 Å². The molecule has 1 aliphatic heterocycles. The van der Waals surface area contributed by atoms with Gasteiger partial charge in [0.15, 0.2) is 0 Å². The van der Waals surface area contributed by atoms with Gasteiger partial charge in [0, 0.05) is 24.1 Å². The van der Waals surface area contributed by atoms with E-state index in [0.717, 1.165) is 28.8 Å². The summed E-state index contributed by atoms with van der Waals surface area (Å²) in [4.78, 5) is 12.6. The van der Waals surface area contributed by atoms with Crippen molar-refractivity contribution in [1.29, 1.82) is 0 Å². The highest BCUT2D eigenvalue weighted by molar-refractivity contribution is 7.92. The Morgan fingerprint density at radius 1 is 1.17 bits per heavy atom. The average Bonchev–Trinajstić information content (AvgIpc) is 3.12. The maximum Gasteiger partial charge on any atom is 0.242 e. The molecule has 1 heterocycles. The largest absolute Gasteiger partial charge is 0.494 e. The number of hydrogen-bond acceptors (Lipinski definition) is 5. The second-order valence-electron chi connectivity index (χ2n) is 6.78. The lowest BCUT2D eigenvalue weighted by molar-refractivity contribution is -0.132. The highest BCUT2D eigenvalue weighted by Crippen LogP contribution is 2.37. The first-order valence-electron chi connectivity index (χ1n) is 9.52. The number of carbonyl (C=O) groups is 1. The first-order valence-corrected chi connectivity index (χ1v) is 11.4. The second kappa shape index (κ2) is 8.65. The minimum absolute atomic E-state index is 0.0633. The molecule has 0 fully saturated rings. The molecule has 0 saturated carbocycles. The number of carbonyl (C=O) groups excluding carboxylic acids is 1. The molecule has 0 spiro atoms. The van der Waals surface area contributed by atoms with E-state index < -0.39 is 10.0 Å². The molecule has 0 aliphatic carbocycles. The summed E-state index contributed by atoms with van der Waals surface area (Å²) in [5, 5.41) is 6.14. The highest BCUT2D eigenvalue weighted by atomic mass is 32.2. The van der Waals surface area contributed by atoms with E-state index in [2.05, 4.69) is 9.82 Å². The Morgan fingerprint density at radius 2 is 1.86 bits per heavy atom. The van der Waals surface area contributed by atoms with Crippen LogP contribution in [0.25, 0.3) is 0 Å². The molecule has 1 atom stereocenters. The Kier molecular flexibility index (Phi) is 6.22. The third-order valence-corrected chi connectivity index (χ3v) is 5.17. The van der Waals surface area contributed by atoms with Crippen molar-refractivity contribution in [2.75, 3.05) is 17.6 Å². The van der Waals surface area contributed by atoms with Crippen LogP contribution in [0.15, 0.2) is 53.6 Å². The molecule has 3 rings (SSSR count). The van der Waals surface area contributed by atoms with Crippen molar-refractivity contribution in [1.82, 2.24) is 5.01 Å². The molecular weight excluding hydrogens is 390 g/mol. The first-order chi connectivity index (χ1) is 13.8. The van der Waals surface area contributed by atoms with Gasteiger partial charge in [0.2, 0.25) is 15.9 Å². The maximum absolute atomic E-state index is 12.6. The third-order valence-electron chi connectivity index (χ3n) is 4.57. The number of para-hydroxylation sites is 1. The van der Waals surface area contributed by atoms with E-state index in [4.69, 9.17) is 4.74 Å². The van der Waals surface area contributed by atoms with Gasteiger partial charge in [0.25, 0.3) is 0 Å². The molecule has 154 valence electrons. The van der Waals surface area contributed by atoms with E-state index in [1.165, 1.54) is 5.01 Å². The summed E-state index contributed by atoms with van der Waals surface area (Å²) < 4.78 is 31.0. The predicted molar refractivity (Wildman–Crippen MR) is 114 cm³/mol. The van der Waals surface area contributed by atoms with Crippen molar-refractivity contribution in [2.45, 2.75) is 32.7 Å². The smallest absolute Gasteiger partial charge is 0.242 e. The Bertz CT molecular complexity index is 1020. The summed E-state index contributed by atoms with van der Waals surface area (Å²) in [6.45, 7) is 4.27. The van der Waals surface area contributed by atoms with E-state index in [-0.39, 0.29) is 11.9 Å². The van der Waals surface area contributed by atoms with E-state index in [9.17, 15) is 13.2 Å². The van der Waals surface area contributed by atoms with Crippen LogP contribution in [-0.4, -0.2) is 37.9 Å². The standard InChI is InChI=1S/C21H25N3O4S/c1-4-21(25)24-19(17-8-6-7-9-20(17)28-5-2)14-18(22-24)15-10-12-16(13-11-15)23-29(3,26)27/h6-13,19,23H,4-5,14H2,1-3H3. The quantitative estimate of drug-likeness (QED) is 0.749.